The summed E-state index contributed by atoms with van der Waals surface area (Å²) in [5.41, 5.74) is 5.07. The fourth-order valence-corrected chi connectivity index (χ4v) is 4.19. The third kappa shape index (κ3) is 5.58. The van der Waals surface area contributed by atoms with Crippen molar-refractivity contribution in [2.45, 2.75) is 26.7 Å². The van der Waals surface area contributed by atoms with E-state index in [0.29, 0.717) is 28.6 Å². The van der Waals surface area contributed by atoms with Gasteiger partial charge in [0.1, 0.15) is 11.5 Å². The minimum atomic E-state index is -0.249. The van der Waals surface area contributed by atoms with Gasteiger partial charge in [-0.2, -0.15) is 0 Å². The molecule has 0 fully saturated rings. The molecular weight excluding hydrogens is 452 g/mol. The third-order valence-electron chi connectivity index (χ3n) is 5.68. The minimum absolute atomic E-state index is 0.105. The second-order valence-corrected chi connectivity index (χ2v) is 8.07. The van der Waals surface area contributed by atoms with Crippen molar-refractivity contribution >= 4 is 5.78 Å². The first kappa shape index (κ1) is 26.1. The molecule has 0 spiro atoms. The molecule has 5 nitrogen and oxygen atoms in total. The molecule has 3 aromatic carbocycles. The van der Waals surface area contributed by atoms with Crippen molar-refractivity contribution in [3.8, 4) is 23.0 Å². The molecule has 0 aliphatic rings. The van der Waals surface area contributed by atoms with Gasteiger partial charge in [-0.25, -0.2) is 0 Å². The lowest BCUT2D eigenvalue weighted by Gasteiger charge is -2.23. The van der Waals surface area contributed by atoms with E-state index in [1.807, 2.05) is 56.3 Å². The Kier molecular flexibility index (Phi) is 8.52. The zero-order chi connectivity index (χ0) is 26.2. The van der Waals surface area contributed by atoms with Crippen LogP contribution in [0.2, 0.25) is 0 Å². The van der Waals surface area contributed by atoms with Crippen molar-refractivity contribution in [1.82, 2.24) is 0 Å². The SMILES string of the molecule is C=COc1ccc(C(c2ccc(OC=C)c(OC=C)c2)c2cc(C)c(OC=C)c(C(C)=O)c2)cc1C. The Bertz CT molecular complexity index is 1320. The molecule has 5 heteroatoms. The van der Waals surface area contributed by atoms with Gasteiger partial charge >= 0.3 is 0 Å². The number of benzene rings is 3. The highest BCUT2D eigenvalue weighted by Gasteiger charge is 2.23. The number of hydrogen-bond donors (Lipinski definition) is 0. The Balaban J connectivity index is 2.30. The third-order valence-corrected chi connectivity index (χ3v) is 5.68. The molecule has 0 amide bonds. The molecule has 0 N–H and O–H groups in total. The van der Waals surface area contributed by atoms with Gasteiger partial charge in [-0.05, 0) is 72.9 Å². The van der Waals surface area contributed by atoms with E-state index in [4.69, 9.17) is 18.9 Å². The first-order valence-electron chi connectivity index (χ1n) is 11.3. The van der Waals surface area contributed by atoms with Gasteiger partial charge in [-0.3, -0.25) is 4.79 Å². The fraction of sp³-hybridized carbons (Fsp3) is 0.129. The van der Waals surface area contributed by atoms with Gasteiger partial charge in [-0.15, -0.1) is 0 Å². The zero-order valence-electron chi connectivity index (χ0n) is 20.9. The van der Waals surface area contributed by atoms with Crippen molar-refractivity contribution in [3.05, 3.63) is 133 Å². The van der Waals surface area contributed by atoms with Crippen LogP contribution in [-0.4, -0.2) is 5.78 Å². The number of Topliss-reactive ketones (excluding diaryl/α,β-unsaturated/α-hetero) is 1. The van der Waals surface area contributed by atoms with E-state index in [9.17, 15) is 4.79 Å². The molecular formula is C31H30O5. The number of rotatable bonds is 12. The van der Waals surface area contributed by atoms with Crippen LogP contribution in [-0.2, 0) is 0 Å². The Morgan fingerprint density at radius 2 is 1.19 bits per heavy atom. The van der Waals surface area contributed by atoms with E-state index in [1.54, 1.807) is 0 Å². The van der Waals surface area contributed by atoms with Gasteiger partial charge in [0.15, 0.2) is 17.3 Å². The molecule has 0 heterocycles. The average molecular weight is 483 g/mol. The predicted octanol–water partition coefficient (Wildman–Crippen LogP) is 7.78. The van der Waals surface area contributed by atoms with Crippen LogP contribution in [0.1, 0.15) is 51.0 Å². The van der Waals surface area contributed by atoms with Crippen molar-refractivity contribution in [2.75, 3.05) is 0 Å². The largest absolute Gasteiger partial charge is 0.465 e. The van der Waals surface area contributed by atoms with Crippen LogP contribution < -0.4 is 18.9 Å². The molecule has 0 bridgehead atoms. The van der Waals surface area contributed by atoms with Crippen LogP contribution in [0.25, 0.3) is 0 Å². The summed E-state index contributed by atoms with van der Waals surface area (Å²) in [4.78, 5) is 12.6. The minimum Gasteiger partial charge on any atom is -0.465 e. The van der Waals surface area contributed by atoms with Crippen LogP contribution in [0.5, 0.6) is 23.0 Å². The van der Waals surface area contributed by atoms with Crippen molar-refractivity contribution < 1.29 is 23.7 Å². The predicted molar refractivity (Wildman–Crippen MR) is 143 cm³/mol. The van der Waals surface area contributed by atoms with Gasteiger partial charge in [0.2, 0.25) is 0 Å². The Morgan fingerprint density at radius 1 is 0.667 bits per heavy atom. The highest BCUT2D eigenvalue weighted by Crippen LogP contribution is 2.40. The van der Waals surface area contributed by atoms with Crippen molar-refractivity contribution in [2.24, 2.45) is 0 Å². The number of hydrogen-bond acceptors (Lipinski definition) is 5. The van der Waals surface area contributed by atoms with Gasteiger partial charge in [0, 0.05) is 5.92 Å². The maximum absolute atomic E-state index is 12.6. The molecule has 1 unspecified atom stereocenters. The lowest BCUT2D eigenvalue weighted by atomic mass is 9.82. The molecule has 1 atom stereocenters. The van der Waals surface area contributed by atoms with Crippen LogP contribution in [0.4, 0.5) is 0 Å². The van der Waals surface area contributed by atoms with Crippen LogP contribution in [0.15, 0.2) is 99.9 Å². The molecule has 0 aromatic heterocycles. The van der Waals surface area contributed by atoms with E-state index < -0.39 is 0 Å². The summed E-state index contributed by atoms with van der Waals surface area (Å²) in [5, 5.41) is 0. The standard InChI is InChI=1S/C31H30O5/c1-8-33-27-14-12-23(16-20(27)5)30(24-13-15-28(34-9-2)29(19-24)35-10-3)25-17-21(6)31(36-11-4)26(18-25)22(7)32/h8-19,30H,1-4H2,5-7H3. The number of aryl methyl sites for hydroxylation is 2. The highest BCUT2D eigenvalue weighted by molar-refractivity contribution is 5.97. The van der Waals surface area contributed by atoms with E-state index in [0.717, 1.165) is 27.8 Å². The molecule has 0 aliphatic heterocycles. The molecule has 36 heavy (non-hydrogen) atoms. The number of carbonyl (C=O) groups is 1. The quantitative estimate of drug-likeness (QED) is 0.150. The van der Waals surface area contributed by atoms with Crippen molar-refractivity contribution in [3.63, 3.8) is 0 Å². The second kappa shape index (κ2) is 11.8. The smallest absolute Gasteiger partial charge is 0.169 e. The summed E-state index contributed by atoms with van der Waals surface area (Å²) in [6.07, 6.45) is 5.41. The summed E-state index contributed by atoms with van der Waals surface area (Å²) >= 11 is 0. The first-order valence-corrected chi connectivity index (χ1v) is 11.3. The average Bonchev–Trinajstić information content (AvgIpc) is 2.84. The normalized spacial score (nSPS) is 11.1. The summed E-state index contributed by atoms with van der Waals surface area (Å²) < 4.78 is 22.3. The van der Waals surface area contributed by atoms with Gasteiger partial charge in [-0.1, -0.05) is 50.6 Å². The zero-order valence-corrected chi connectivity index (χ0v) is 20.9. The summed E-state index contributed by atoms with van der Waals surface area (Å²) in [7, 11) is 0. The van der Waals surface area contributed by atoms with E-state index >= 15 is 0 Å². The monoisotopic (exact) mass is 482 g/mol. The highest BCUT2D eigenvalue weighted by atomic mass is 16.5. The summed E-state index contributed by atoms with van der Waals surface area (Å²) in [6, 6.07) is 15.5. The molecule has 0 aliphatic carbocycles. The molecule has 184 valence electrons. The Labute approximate surface area is 212 Å². The number of carbonyl (C=O) groups excluding carboxylic acids is 1. The lowest BCUT2D eigenvalue weighted by molar-refractivity contribution is 0.101. The van der Waals surface area contributed by atoms with E-state index in [-0.39, 0.29) is 11.7 Å². The molecule has 3 aromatic rings. The maximum Gasteiger partial charge on any atom is 0.169 e. The molecule has 0 radical (unpaired) electrons. The lowest BCUT2D eigenvalue weighted by Crippen LogP contribution is -2.08. The topological polar surface area (TPSA) is 54.0 Å². The number of ether oxygens (including phenoxy) is 4. The van der Waals surface area contributed by atoms with E-state index in [2.05, 4.69) is 32.4 Å². The Hall–Kier alpha value is -4.51. The van der Waals surface area contributed by atoms with Gasteiger partial charge < -0.3 is 18.9 Å². The number of ketones is 1. The van der Waals surface area contributed by atoms with Crippen LogP contribution in [0.3, 0.4) is 0 Å². The van der Waals surface area contributed by atoms with Crippen molar-refractivity contribution in [1.29, 1.82) is 0 Å². The Morgan fingerprint density at radius 3 is 1.78 bits per heavy atom. The molecule has 3 rings (SSSR count). The van der Waals surface area contributed by atoms with Gasteiger partial charge in [0.05, 0.1) is 30.6 Å². The molecule has 0 saturated heterocycles. The summed E-state index contributed by atoms with van der Waals surface area (Å²) in [6.45, 7) is 20.0. The van der Waals surface area contributed by atoms with Crippen LogP contribution in [0, 0.1) is 13.8 Å². The molecule has 0 saturated carbocycles. The maximum atomic E-state index is 12.6. The van der Waals surface area contributed by atoms with Gasteiger partial charge in [0.25, 0.3) is 0 Å². The van der Waals surface area contributed by atoms with E-state index in [1.165, 1.54) is 32.0 Å². The first-order chi connectivity index (χ1) is 17.3. The second-order valence-electron chi connectivity index (χ2n) is 8.07. The summed E-state index contributed by atoms with van der Waals surface area (Å²) in [5.74, 6) is 1.86. The fourth-order valence-electron chi connectivity index (χ4n) is 4.19. The van der Waals surface area contributed by atoms with Crippen LogP contribution >= 0.6 is 0 Å².